The van der Waals surface area contributed by atoms with Gasteiger partial charge in [0.15, 0.2) is 0 Å². The number of benzene rings is 1. The Kier molecular flexibility index (Phi) is 3.31. The highest BCUT2D eigenvalue weighted by molar-refractivity contribution is 5.91. The van der Waals surface area contributed by atoms with Crippen molar-refractivity contribution in [2.75, 3.05) is 19.6 Å². The Morgan fingerprint density at radius 1 is 1.41 bits per heavy atom. The van der Waals surface area contributed by atoms with Crippen LogP contribution in [0.1, 0.15) is 27.5 Å². The minimum atomic E-state index is -1.10. The first-order valence-electron chi connectivity index (χ1n) is 5.60. The molecule has 5 heteroatoms. The van der Waals surface area contributed by atoms with Gasteiger partial charge in [0.2, 0.25) is 0 Å². The number of carbonyl (C=O) groups is 1. The van der Waals surface area contributed by atoms with E-state index in [0.29, 0.717) is 12.1 Å². The van der Waals surface area contributed by atoms with Crippen molar-refractivity contribution < 1.29 is 15.0 Å². The molecule has 1 fully saturated rings. The van der Waals surface area contributed by atoms with Crippen LogP contribution in [0.5, 0.6) is 5.75 Å². The van der Waals surface area contributed by atoms with Gasteiger partial charge in [-0.25, -0.2) is 4.79 Å². The zero-order chi connectivity index (χ0) is 12.4. The molecule has 92 valence electrons. The largest absolute Gasteiger partial charge is 0.507 e. The molecule has 5 nitrogen and oxygen atoms in total. The third-order valence-corrected chi connectivity index (χ3v) is 2.93. The van der Waals surface area contributed by atoms with Crippen molar-refractivity contribution in [2.24, 2.45) is 0 Å². The molecule has 1 aromatic rings. The van der Waals surface area contributed by atoms with E-state index in [1.165, 1.54) is 6.07 Å². The van der Waals surface area contributed by atoms with Gasteiger partial charge >= 0.3 is 5.97 Å². The van der Waals surface area contributed by atoms with E-state index >= 15 is 0 Å². The summed E-state index contributed by atoms with van der Waals surface area (Å²) in [4.78, 5) is 11.0. The lowest BCUT2D eigenvalue weighted by molar-refractivity contribution is 0.0693. The molecule has 4 N–H and O–H groups in total. The van der Waals surface area contributed by atoms with Gasteiger partial charge in [-0.1, -0.05) is 6.07 Å². The average Bonchev–Trinajstić information content (AvgIpc) is 2.32. The summed E-state index contributed by atoms with van der Waals surface area (Å²) in [6.45, 7) is 4.21. The number of nitrogens with one attached hydrogen (secondary N) is 2. The van der Waals surface area contributed by atoms with Crippen LogP contribution in [0.3, 0.4) is 0 Å². The van der Waals surface area contributed by atoms with Crippen molar-refractivity contribution in [1.29, 1.82) is 0 Å². The van der Waals surface area contributed by atoms with Crippen LogP contribution in [0.15, 0.2) is 12.1 Å². The third-order valence-electron chi connectivity index (χ3n) is 2.93. The molecule has 0 aliphatic carbocycles. The zero-order valence-electron chi connectivity index (χ0n) is 9.66. The topological polar surface area (TPSA) is 81.6 Å². The highest BCUT2D eigenvalue weighted by Gasteiger charge is 2.22. The smallest absolute Gasteiger partial charge is 0.339 e. The number of rotatable bonds is 2. The van der Waals surface area contributed by atoms with Crippen molar-refractivity contribution in [1.82, 2.24) is 10.6 Å². The molecule has 2 rings (SSSR count). The van der Waals surface area contributed by atoms with Crippen molar-refractivity contribution in [3.63, 3.8) is 0 Å². The second-order valence-corrected chi connectivity index (χ2v) is 4.27. The molecule has 0 radical (unpaired) electrons. The van der Waals surface area contributed by atoms with Gasteiger partial charge in [0.1, 0.15) is 11.3 Å². The summed E-state index contributed by atoms with van der Waals surface area (Å²) in [6, 6.07) is 3.27. The van der Waals surface area contributed by atoms with E-state index < -0.39 is 5.97 Å². The van der Waals surface area contributed by atoms with E-state index in [1.54, 1.807) is 0 Å². The normalized spacial score (nSPS) is 20.2. The highest BCUT2D eigenvalue weighted by atomic mass is 16.4. The van der Waals surface area contributed by atoms with Crippen LogP contribution in [0.2, 0.25) is 0 Å². The number of carboxylic acids is 1. The number of hydrogen-bond donors (Lipinski definition) is 4. The molecule has 0 spiro atoms. The minimum absolute atomic E-state index is 0.0348. The Hall–Kier alpha value is -1.59. The molecule has 1 aliphatic rings. The molecule has 0 amide bonds. The first kappa shape index (κ1) is 11.9. The first-order valence-corrected chi connectivity index (χ1v) is 5.60. The van der Waals surface area contributed by atoms with Crippen LogP contribution in [-0.4, -0.2) is 35.8 Å². The fourth-order valence-electron chi connectivity index (χ4n) is 2.11. The summed E-state index contributed by atoms with van der Waals surface area (Å²) >= 11 is 0. The molecule has 0 bridgehead atoms. The summed E-state index contributed by atoms with van der Waals surface area (Å²) in [7, 11) is 0. The Balaban J connectivity index is 2.41. The van der Waals surface area contributed by atoms with E-state index in [9.17, 15) is 9.90 Å². The van der Waals surface area contributed by atoms with E-state index in [0.717, 1.165) is 18.7 Å². The van der Waals surface area contributed by atoms with Crippen molar-refractivity contribution in [3.05, 3.63) is 28.8 Å². The van der Waals surface area contributed by atoms with E-state index in [-0.39, 0.29) is 17.4 Å². The summed E-state index contributed by atoms with van der Waals surface area (Å²) in [5.74, 6) is -1.24. The van der Waals surface area contributed by atoms with E-state index in [4.69, 9.17) is 5.11 Å². The number of piperazine rings is 1. The molecule has 1 atom stereocenters. The lowest BCUT2D eigenvalue weighted by Crippen LogP contribution is -2.42. The van der Waals surface area contributed by atoms with Crippen molar-refractivity contribution in [2.45, 2.75) is 13.0 Å². The number of hydrogen-bond acceptors (Lipinski definition) is 4. The fraction of sp³-hybridized carbons (Fsp3) is 0.417. The molecule has 1 aromatic carbocycles. The number of aromatic carboxylic acids is 1. The molecule has 0 saturated carbocycles. The minimum Gasteiger partial charge on any atom is -0.507 e. The van der Waals surface area contributed by atoms with Crippen LogP contribution in [-0.2, 0) is 0 Å². The lowest BCUT2D eigenvalue weighted by Gasteiger charge is -2.26. The maximum atomic E-state index is 11.0. The summed E-state index contributed by atoms with van der Waals surface area (Å²) in [5.41, 5.74) is 1.45. The van der Waals surface area contributed by atoms with Gasteiger partial charge in [-0.2, -0.15) is 0 Å². The first-order chi connectivity index (χ1) is 8.09. The monoisotopic (exact) mass is 236 g/mol. The second-order valence-electron chi connectivity index (χ2n) is 4.27. The van der Waals surface area contributed by atoms with Crippen LogP contribution in [0.25, 0.3) is 0 Å². The number of aromatic hydroxyl groups is 1. The fourth-order valence-corrected chi connectivity index (χ4v) is 2.11. The van der Waals surface area contributed by atoms with Gasteiger partial charge in [0, 0.05) is 31.2 Å². The number of phenols is 1. The van der Waals surface area contributed by atoms with Crippen molar-refractivity contribution >= 4 is 5.97 Å². The number of carboxylic acid groups (broad SMARTS) is 1. The summed E-state index contributed by atoms with van der Waals surface area (Å²) in [5, 5.41) is 25.5. The zero-order valence-corrected chi connectivity index (χ0v) is 9.66. The molecule has 1 saturated heterocycles. The Morgan fingerprint density at radius 2 is 2.18 bits per heavy atom. The Morgan fingerprint density at radius 3 is 2.76 bits per heavy atom. The van der Waals surface area contributed by atoms with Crippen molar-refractivity contribution in [3.8, 4) is 5.75 Å². The van der Waals surface area contributed by atoms with E-state index in [2.05, 4.69) is 10.6 Å². The predicted molar refractivity (Wildman–Crippen MR) is 63.4 cm³/mol. The lowest BCUT2D eigenvalue weighted by atomic mass is 9.98. The Labute approximate surface area is 99.5 Å². The summed E-state index contributed by atoms with van der Waals surface area (Å²) < 4.78 is 0. The standard InChI is InChI=1S/C12H16N2O3/c1-7-4-8(10-6-13-2-3-14-10)11(15)9(5-7)12(16)17/h4-5,10,13-15H,2-3,6H2,1H3,(H,16,17)/t10-/m1/s1. The maximum absolute atomic E-state index is 11.0. The van der Waals surface area contributed by atoms with Crippen LogP contribution < -0.4 is 10.6 Å². The van der Waals surface area contributed by atoms with Crippen LogP contribution in [0, 0.1) is 6.92 Å². The van der Waals surface area contributed by atoms with Gasteiger partial charge in [-0.05, 0) is 18.6 Å². The van der Waals surface area contributed by atoms with Gasteiger partial charge in [-0.3, -0.25) is 0 Å². The van der Waals surface area contributed by atoms with Gasteiger partial charge in [0.05, 0.1) is 0 Å². The van der Waals surface area contributed by atoms with Crippen LogP contribution in [0.4, 0.5) is 0 Å². The van der Waals surface area contributed by atoms with Crippen LogP contribution >= 0.6 is 0 Å². The molecule has 17 heavy (non-hydrogen) atoms. The van der Waals surface area contributed by atoms with E-state index in [1.807, 2.05) is 13.0 Å². The SMILES string of the molecule is Cc1cc(C(=O)O)c(O)c([C@H]2CNCCN2)c1. The third kappa shape index (κ3) is 2.40. The molecular formula is C12H16N2O3. The molecule has 1 aliphatic heterocycles. The highest BCUT2D eigenvalue weighted by Crippen LogP contribution is 2.30. The van der Waals surface area contributed by atoms with Gasteiger partial charge in [-0.15, -0.1) is 0 Å². The predicted octanol–water partition coefficient (Wildman–Crippen LogP) is 0.633. The second kappa shape index (κ2) is 4.73. The molecule has 0 aromatic heterocycles. The maximum Gasteiger partial charge on any atom is 0.339 e. The van der Waals surface area contributed by atoms with Gasteiger partial charge < -0.3 is 20.8 Å². The molecule has 1 heterocycles. The van der Waals surface area contributed by atoms with Gasteiger partial charge in [0.25, 0.3) is 0 Å². The average molecular weight is 236 g/mol. The quantitative estimate of drug-likeness (QED) is 0.605. The Bertz CT molecular complexity index is 440. The molecule has 0 unspecified atom stereocenters. The number of aryl methyl sites for hydroxylation is 1. The summed E-state index contributed by atoms with van der Waals surface area (Å²) in [6.07, 6.45) is 0. The molecular weight excluding hydrogens is 220 g/mol.